The maximum absolute atomic E-state index is 12.6. The highest BCUT2D eigenvalue weighted by Gasteiger charge is 2.29. The molecule has 1 unspecified atom stereocenters. The van der Waals surface area contributed by atoms with E-state index < -0.39 is 9.84 Å². The number of rotatable bonds is 3. The number of benzene rings is 2. The lowest BCUT2D eigenvalue weighted by Crippen LogP contribution is -2.19. The van der Waals surface area contributed by atoms with Gasteiger partial charge in [-0.05, 0) is 36.2 Å². The minimum Gasteiger partial charge on any atom is -0.398 e. The van der Waals surface area contributed by atoms with Gasteiger partial charge in [0.25, 0.3) is 0 Å². The SMILES string of the molecule is Nc1ccc(Br)cc1S(=O)(=O)CC1Cc2ccccc2S1. The van der Waals surface area contributed by atoms with Gasteiger partial charge in [0.15, 0.2) is 9.84 Å². The molecule has 0 bridgehead atoms. The third kappa shape index (κ3) is 3.12. The Morgan fingerprint density at radius 2 is 2.00 bits per heavy atom. The minimum atomic E-state index is -3.39. The van der Waals surface area contributed by atoms with Crippen LogP contribution in [0.15, 0.2) is 56.7 Å². The summed E-state index contributed by atoms with van der Waals surface area (Å²) in [6.07, 6.45) is 0.786. The van der Waals surface area contributed by atoms with E-state index in [1.807, 2.05) is 18.2 Å². The van der Waals surface area contributed by atoms with Gasteiger partial charge in [0, 0.05) is 14.6 Å². The molecule has 1 atom stereocenters. The molecular formula is C15H14BrNO2S2. The molecule has 0 saturated heterocycles. The van der Waals surface area contributed by atoms with Crippen molar-refractivity contribution in [1.82, 2.24) is 0 Å². The molecule has 0 fully saturated rings. The number of thioether (sulfide) groups is 1. The van der Waals surface area contributed by atoms with Gasteiger partial charge in [-0.1, -0.05) is 34.1 Å². The Balaban J connectivity index is 1.84. The summed E-state index contributed by atoms with van der Waals surface area (Å²) in [6.45, 7) is 0. The molecule has 1 heterocycles. The van der Waals surface area contributed by atoms with Crippen LogP contribution in [0.4, 0.5) is 5.69 Å². The van der Waals surface area contributed by atoms with Crippen LogP contribution in [0.1, 0.15) is 5.56 Å². The van der Waals surface area contributed by atoms with E-state index in [2.05, 4.69) is 22.0 Å². The first kappa shape index (κ1) is 14.9. The molecule has 0 spiro atoms. The second kappa shape index (κ2) is 5.66. The summed E-state index contributed by atoms with van der Waals surface area (Å²) in [6, 6.07) is 13.0. The zero-order valence-corrected chi connectivity index (χ0v) is 14.3. The molecule has 110 valence electrons. The monoisotopic (exact) mass is 383 g/mol. The Morgan fingerprint density at radius 3 is 2.76 bits per heavy atom. The summed E-state index contributed by atoms with van der Waals surface area (Å²) >= 11 is 4.94. The number of nitrogen functional groups attached to an aromatic ring is 1. The van der Waals surface area contributed by atoms with E-state index in [9.17, 15) is 8.42 Å². The van der Waals surface area contributed by atoms with Crippen molar-refractivity contribution in [2.45, 2.75) is 21.5 Å². The lowest BCUT2D eigenvalue weighted by molar-refractivity contribution is 0.594. The quantitative estimate of drug-likeness (QED) is 0.823. The predicted molar refractivity (Wildman–Crippen MR) is 90.4 cm³/mol. The molecule has 6 heteroatoms. The van der Waals surface area contributed by atoms with Crippen LogP contribution in [-0.4, -0.2) is 19.4 Å². The fourth-order valence-electron chi connectivity index (χ4n) is 2.46. The molecule has 2 N–H and O–H groups in total. The lowest BCUT2D eigenvalue weighted by atomic mass is 10.1. The molecule has 3 nitrogen and oxygen atoms in total. The molecule has 21 heavy (non-hydrogen) atoms. The van der Waals surface area contributed by atoms with Gasteiger partial charge in [-0.3, -0.25) is 0 Å². The van der Waals surface area contributed by atoms with Crippen molar-refractivity contribution in [3.8, 4) is 0 Å². The third-order valence-corrected chi connectivity index (χ3v) is 7.32. The van der Waals surface area contributed by atoms with Gasteiger partial charge in [-0.15, -0.1) is 11.8 Å². The standard InChI is InChI=1S/C15H14BrNO2S2/c16-11-5-6-13(17)15(8-11)21(18,19)9-12-7-10-3-1-2-4-14(10)20-12/h1-6,8,12H,7,9,17H2. The first-order chi connectivity index (χ1) is 9.95. The molecule has 0 aromatic heterocycles. The van der Waals surface area contributed by atoms with Crippen LogP contribution in [-0.2, 0) is 16.3 Å². The van der Waals surface area contributed by atoms with Gasteiger partial charge in [0.1, 0.15) is 0 Å². The Kier molecular flexibility index (Phi) is 4.03. The molecule has 2 aromatic rings. The van der Waals surface area contributed by atoms with Crippen molar-refractivity contribution in [3.63, 3.8) is 0 Å². The molecule has 0 radical (unpaired) electrons. The number of fused-ring (bicyclic) bond motifs is 1. The zero-order chi connectivity index (χ0) is 15.0. The second-order valence-electron chi connectivity index (χ2n) is 5.02. The van der Waals surface area contributed by atoms with Crippen LogP contribution in [0, 0.1) is 0 Å². The molecular weight excluding hydrogens is 370 g/mol. The van der Waals surface area contributed by atoms with Crippen LogP contribution in [0.2, 0.25) is 0 Å². The highest BCUT2D eigenvalue weighted by molar-refractivity contribution is 9.10. The maximum atomic E-state index is 12.6. The first-order valence-electron chi connectivity index (χ1n) is 6.48. The molecule has 2 aromatic carbocycles. The summed E-state index contributed by atoms with van der Waals surface area (Å²) in [4.78, 5) is 1.40. The Bertz CT molecular complexity index is 765. The molecule has 0 aliphatic carbocycles. The number of anilines is 1. The van der Waals surface area contributed by atoms with E-state index >= 15 is 0 Å². The highest BCUT2D eigenvalue weighted by Crippen LogP contribution is 2.38. The van der Waals surface area contributed by atoms with Crippen LogP contribution in [0.3, 0.4) is 0 Å². The van der Waals surface area contributed by atoms with Crippen LogP contribution in [0.25, 0.3) is 0 Å². The summed E-state index contributed by atoms with van der Waals surface area (Å²) in [5.74, 6) is 0.104. The summed E-state index contributed by atoms with van der Waals surface area (Å²) in [5.41, 5.74) is 7.36. The smallest absolute Gasteiger partial charge is 0.181 e. The van der Waals surface area contributed by atoms with Crippen molar-refractivity contribution < 1.29 is 8.42 Å². The average molecular weight is 384 g/mol. The number of halogens is 1. The Hall–Kier alpha value is -0.980. The average Bonchev–Trinajstić information content (AvgIpc) is 2.82. The van der Waals surface area contributed by atoms with Crippen molar-refractivity contribution in [3.05, 3.63) is 52.5 Å². The molecule has 1 aliphatic heterocycles. The van der Waals surface area contributed by atoms with Gasteiger partial charge in [0.2, 0.25) is 0 Å². The normalized spacial score (nSPS) is 17.7. The van der Waals surface area contributed by atoms with E-state index in [4.69, 9.17) is 5.73 Å². The fraction of sp³-hybridized carbons (Fsp3) is 0.200. The van der Waals surface area contributed by atoms with E-state index in [0.29, 0.717) is 5.69 Å². The van der Waals surface area contributed by atoms with E-state index in [1.54, 1.807) is 30.0 Å². The van der Waals surface area contributed by atoms with Crippen LogP contribution < -0.4 is 5.73 Å². The number of hydrogen-bond acceptors (Lipinski definition) is 4. The summed E-state index contributed by atoms with van der Waals surface area (Å²) < 4.78 is 25.9. The Morgan fingerprint density at radius 1 is 1.24 bits per heavy atom. The molecule has 0 saturated carbocycles. The molecule has 1 aliphatic rings. The predicted octanol–water partition coefficient (Wildman–Crippen LogP) is 3.52. The van der Waals surface area contributed by atoms with Crippen molar-refractivity contribution >= 4 is 43.2 Å². The van der Waals surface area contributed by atoms with E-state index in [1.165, 1.54) is 10.5 Å². The maximum Gasteiger partial charge on any atom is 0.181 e. The topological polar surface area (TPSA) is 60.2 Å². The molecule has 3 rings (SSSR count). The van der Waals surface area contributed by atoms with Gasteiger partial charge in [-0.2, -0.15) is 0 Å². The fourth-order valence-corrected chi connectivity index (χ4v) is 6.38. The zero-order valence-electron chi connectivity index (χ0n) is 11.1. The van der Waals surface area contributed by atoms with Crippen molar-refractivity contribution in [1.29, 1.82) is 0 Å². The van der Waals surface area contributed by atoms with Gasteiger partial charge < -0.3 is 5.73 Å². The van der Waals surface area contributed by atoms with E-state index in [0.717, 1.165) is 10.9 Å². The van der Waals surface area contributed by atoms with E-state index in [-0.39, 0.29) is 15.9 Å². The van der Waals surface area contributed by atoms with Gasteiger partial charge >= 0.3 is 0 Å². The van der Waals surface area contributed by atoms with Crippen molar-refractivity contribution in [2.24, 2.45) is 0 Å². The number of sulfone groups is 1. The van der Waals surface area contributed by atoms with Crippen molar-refractivity contribution in [2.75, 3.05) is 11.5 Å². The number of hydrogen-bond donors (Lipinski definition) is 1. The minimum absolute atomic E-state index is 0.0470. The summed E-state index contributed by atoms with van der Waals surface area (Å²) in [5, 5.41) is 0.0470. The lowest BCUT2D eigenvalue weighted by Gasteiger charge is -2.11. The van der Waals surface area contributed by atoms with Crippen LogP contribution >= 0.6 is 27.7 Å². The summed E-state index contributed by atoms with van der Waals surface area (Å²) in [7, 11) is -3.39. The largest absolute Gasteiger partial charge is 0.398 e. The molecule has 0 amide bonds. The first-order valence-corrected chi connectivity index (χ1v) is 9.80. The van der Waals surface area contributed by atoms with Gasteiger partial charge in [-0.25, -0.2) is 8.42 Å². The van der Waals surface area contributed by atoms with Crippen LogP contribution in [0.5, 0.6) is 0 Å². The third-order valence-electron chi connectivity index (χ3n) is 3.43. The second-order valence-corrected chi connectivity index (χ2v) is 9.28. The van der Waals surface area contributed by atoms with Gasteiger partial charge in [0.05, 0.1) is 16.3 Å². The number of nitrogens with two attached hydrogens (primary N) is 1. The Labute approximate surface area is 137 Å². The highest BCUT2D eigenvalue weighted by atomic mass is 79.9.